The molecule has 2 aromatic carbocycles. The first-order valence-electron chi connectivity index (χ1n) is 9.42. The number of aryl methyl sites for hydroxylation is 1. The largest absolute Gasteiger partial charge is 0.416 e. The van der Waals surface area contributed by atoms with Crippen molar-refractivity contribution in [2.75, 3.05) is 18.0 Å². The summed E-state index contributed by atoms with van der Waals surface area (Å²) < 4.78 is 52.5. The summed E-state index contributed by atoms with van der Waals surface area (Å²) >= 11 is 11.8. The van der Waals surface area contributed by atoms with E-state index >= 15 is 0 Å². The van der Waals surface area contributed by atoms with Crippen molar-refractivity contribution in [1.82, 2.24) is 5.32 Å². The number of nitrogens with one attached hydrogen (secondary N) is 1. The minimum atomic E-state index is -4.84. The molecule has 1 atom stereocenters. The van der Waals surface area contributed by atoms with Gasteiger partial charge in [0.1, 0.15) is 11.7 Å². The van der Waals surface area contributed by atoms with Gasteiger partial charge in [0, 0.05) is 18.8 Å². The van der Waals surface area contributed by atoms with E-state index in [9.17, 15) is 31.9 Å². The standard InChI is InChI=1S/C21H16Cl2F4N2O3/c22-16-4-3-11(6-17(16)23)2-1-5-28-19(31)15-10-29(20(32)18(15)30)14-8-12(21(25,26)27)7-13(24)9-14/h3-4,6-9,15H,1-2,5,10H2,(H,28,31). The molecule has 2 aromatic rings. The number of amides is 2. The molecule has 5 nitrogen and oxygen atoms in total. The molecule has 170 valence electrons. The van der Waals surface area contributed by atoms with Gasteiger partial charge in [-0.1, -0.05) is 29.3 Å². The number of anilines is 1. The molecule has 1 heterocycles. The smallest absolute Gasteiger partial charge is 0.355 e. The number of benzene rings is 2. The topological polar surface area (TPSA) is 66.5 Å². The number of hydrogen-bond donors (Lipinski definition) is 1. The quantitative estimate of drug-likeness (QED) is 0.282. The van der Waals surface area contributed by atoms with E-state index < -0.39 is 53.3 Å². The van der Waals surface area contributed by atoms with Crippen LogP contribution in [0.2, 0.25) is 10.0 Å². The van der Waals surface area contributed by atoms with Crippen molar-refractivity contribution in [1.29, 1.82) is 0 Å². The lowest BCUT2D eigenvalue weighted by atomic mass is 10.1. The molecular formula is C21H16Cl2F4N2O3. The third-order valence-electron chi connectivity index (χ3n) is 4.90. The Hall–Kier alpha value is -2.65. The molecule has 2 amide bonds. The summed E-state index contributed by atoms with van der Waals surface area (Å²) in [5.74, 6) is -5.58. The van der Waals surface area contributed by atoms with Crippen LogP contribution in [-0.4, -0.2) is 30.7 Å². The summed E-state index contributed by atoms with van der Waals surface area (Å²) in [5, 5.41) is 3.35. The van der Waals surface area contributed by atoms with Gasteiger partial charge in [0.2, 0.25) is 11.7 Å². The fourth-order valence-electron chi connectivity index (χ4n) is 3.27. The van der Waals surface area contributed by atoms with E-state index in [4.69, 9.17) is 23.2 Å². The highest BCUT2D eigenvalue weighted by Crippen LogP contribution is 2.34. The lowest BCUT2D eigenvalue weighted by molar-refractivity contribution is -0.139. The van der Waals surface area contributed by atoms with Crippen molar-refractivity contribution < 1.29 is 31.9 Å². The summed E-state index contributed by atoms with van der Waals surface area (Å²) in [7, 11) is 0. The van der Waals surface area contributed by atoms with Gasteiger partial charge in [-0.05, 0) is 48.7 Å². The SMILES string of the molecule is O=C(NCCCc1ccc(Cl)c(Cl)c1)C1CN(c2cc(F)cc(C(F)(F)F)c2)C(=O)C1=O. The molecule has 1 fully saturated rings. The first-order valence-corrected chi connectivity index (χ1v) is 10.2. The molecule has 0 radical (unpaired) electrons. The van der Waals surface area contributed by atoms with Crippen molar-refractivity contribution in [3.05, 3.63) is 63.4 Å². The zero-order valence-corrected chi connectivity index (χ0v) is 17.8. The fourth-order valence-corrected chi connectivity index (χ4v) is 3.59. The zero-order valence-electron chi connectivity index (χ0n) is 16.3. The normalized spacial score (nSPS) is 16.6. The Balaban J connectivity index is 1.61. The number of carbonyl (C=O) groups is 3. The molecule has 1 N–H and O–H groups in total. The third kappa shape index (κ3) is 5.39. The number of carbonyl (C=O) groups excluding carboxylic acids is 3. The number of hydrogen-bond acceptors (Lipinski definition) is 3. The van der Waals surface area contributed by atoms with Crippen molar-refractivity contribution in [2.24, 2.45) is 5.92 Å². The van der Waals surface area contributed by atoms with Crippen LogP contribution in [0.25, 0.3) is 0 Å². The molecule has 1 saturated heterocycles. The van der Waals surface area contributed by atoms with Crippen molar-refractivity contribution in [3.8, 4) is 0 Å². The number of nitrogens with zero attached hydrogens (tertiary/aromatic N) is 1. The Morgan fingerprint density at radius 2 is 1.81 bits per heavy atom. The highest BCUT2D eigenvalue weighted by molar-refractivity contribution is 6.47. The minimum Gasteiger partial charge on any atom is -0.355 e. The Morgan fingerprint density at radius 3 is 2.47 bits per heavy atom. The van der Waals surface area contributed by atoms with Crippen LogP contribution in [0.4, 0.5) is 23.2 Å². The van der Waals surface area contributed by atoms with Gasteiger partial charge in [0.25, 0.3) is 5.91 Å². The van der Waals surface area contributed by atoms with Crippen LogP contribution in [0.3, 0.4) is 0 Å². The van der Waals surface area contributed by atoms with E-state index in [0.29, 0.717) is 39.9 Å². The first kappa shape index (κ1) is 24.0. The highest BCUT2D eigenvalue weighted by Gasteiger charge is 2.44. The van der Waals surface area contributed by atoms with Gasteiger partial charge in [0.15, 0.2) is 0 Å². The molecule has 32 heavy (non-hydrogen) atoms. The molecule has 3 rings (SSSR count). The van der Waals surface area contributed by atoms with Gasteiger partial charge >= 0.3 is 6.18 Å². The van der Waals surface area contributed by atoms with Gasteiger partial charge in [-0.15, -0.1) is 0 Å². The number of Topliss-reactive ketones (excluding diaryl/α,β-unsaturated/α-hetero) is 1. The van der Waals surface area contributed by atoms with Gasteiger partial charge in [0.05, 0.1) is 15.6 Å². The second kappa shape index (κ2) is 9.46. The number of ketones is 1. The molecular weight excluding hydrogens is 475 g/mol. The first-order chi connectivity index (χ1) is 15.0. The van der Waals surface area contributed by atoms with Crippen LogP contribution in [-0.2, 0) is 27.0 Å². The van der Waals surface area contributed by atoms with Crippen LogP contribution in [0, 0.1) is 11.7 Å². The second-order valence-electron chi connectivity index (χ2n) is 7.17. The maximum Gasteiger partial charge on any atom is 0.416 e. The van der Waals surface area contributed by atoms with E-state index in [1.807, 2.05) is 0 Å². The van der Waals surface area contributed by atoms with E-state index in [-0.39, 0.29) is 12.6 Å². The molecule has 0 aliphatic carbocycles. The monoisotopic (exact) mass is 490 g/mol. The molecule has 0 aromatic heterocycles. The van der Waals surface area contributed by atoms with E-state index in [0.717, 1.165) is 5.56 Å². The summed E-state index contributed by atoms with van der Waals surface area (Å²) in [4.78, 5) is 37.5. The summed E-state index contributed by atoms with van der Waals surface area (Å²) in [6.45, 7) is -0.285. The van der Waals surface area contributed by atoms with Gasteiger partial charge in [-0.2, -0.15) is 13.2 Å². The third-order valence-corrected chi connectivity index (χ3v) is 5.64. The predicted octanol–water partition coefficient (Wildman–Crippen LogP) is 4.43. The Bertz CT molecular complexity index is 1080. The maximum atomic E-state index is 13.7. The molecule has 0 bridgehead atoms. The van der Waals surface area contributed by atoms with Crippen LogP contribution in [0.1, 0.15) is 17.5 Å². The molecule has 0 saturated carbocycles. The lowest BCUT2D eigenvalue weighted by Gasteiger charge is -2.18. The molecule has 11 heteroatoms. The van der Waals surface area contributed by atoms with E-state index in [2.05, 4.69) is 5.32 Å². The zero-order chi connectivity index (χ0) is 23.6. The lowest BCUT2D eigenvalue weighted by Crippen LogP contribution is -2.36. The van der Waals surface area contributed by atoms with Gasteiger partial charge in [-0.25, -0.2) is 4.39 Å². The second-order valence-corrected chi connectivity index (χ2v) is 7.99. The number of alkyl halides is 3. The maximum absolute atomic E-state index is 13.7. The summed E-state index contributed by atoms with van der Waals surface area (Å²) in [6.07, 6.45) is -3.78. The average Bonchev–Trinajstić information content (AvgIpc) is 3.01. The Morgan fingerprint density at radius 1 is 1.09 bits per heavy atom. The predicted molar refractivity (Wildman–Crippen MR) is 110 cm³/mol. The van der Waals surface area contributed by atoms with Crippen molar-refractivity contribution in [2.45, 2.75) is 19.0 Å². The molecule has 1 unspecified atom stereocenters. The molecule has 1 aliphatic heterocycles. The van der Waals surface area contributed by atoms with Crippen LogP contribution in [0.5, 0.6) is 0 Å². The Labute approximate surface area is 190 Å². The van der Waals surface area contributed by atoms with E-state index in [1.54, 1.807) is 18.2 Å². The van der Waals surface area contributed by atoms with Crippen molar-refractivity contribution >= 4 is 46.5 Å². The van der Waals surface area contributed by atoms with Crippen LogP contribution in [0.15, 0.2) is 36.4 Å². The summed E-state index contributed by atoms with van der Waals surface area (Å²) in [6, 6.07) is 6.66. The van der Waals surface area contributed by atoms with E-state index in [1.165, 1.54) is 0 Å². The van der Waals surface area contributed by atoms with Crippen LogP contribution < -0.4 is 10.2 Å². The number of rotatable bonds is 6. The fraction of sp³-hybridized carbons (Fsp3) is 0.286. The van der Waals surface area contributed by atoms with Gasteiger partial charge < -0.3 is 10.2 Å². The average molecular weight is 491 g/mol. The van der Waals surface area contributed by atoms with Crippen molar-refractivity contribution in [3.63, 3.8) is 0 Å². The number of halogens is 6. The van der Waals surface area contributed by atoms with Gasteiger partial charge in [-0.3, -0.25) is 14.4 Å². The Kier molecular flexibility index (Phi) is 7.09. The summed E-state index contributed by atoms with van der Waals surface area (Å²) in [5.41, 5.74) is -0.855. The van der Waals surface area contributed by atoms with Crippen LogP contribution >= 0.6 is 23.2 Å². The highest BCUT2D eigenvalue weighted by atomic mass is 35.5. The minimum absolute atomic E-state index is 0.190. The molecule has 0 spiro atoms. The molecule has 1 aliphatic rings.